The van der Waals surface area contributed by atoms with E-state index < -0.39 is 5.60 Å². The molecule has 0 radical (unpaired) electrons. The lowest BCUT2D eigenvalue weighted by atomic mass is 9.88. The summed E-state index contributed by atoms with van der Waals surface area (Å²) in [7, 11) is 0. The van der Waals surface area contributed by atoms with Gasteiger partial charge in [-0.2, -0.15) is 0 Å². The molecular formula is C8H16O. The van der Waals surface area contributed by atoms with E-state index in [1.807, 2.05) is 20.8 Å². The van der Waals surface area contributed by atoms with Crippen LogP contribution in [-0.2, 0) is 0 Å². The molecule has 0 aliphatic carbocycles. The maximum absolute atomic E-state index is 9.59. The van der Waals surface area contributed by atoms with Gasteiger partial charge in [0.15, 0.2) is 0 Å². The van der Waals surface area contributed by atoms with E-state index >= 15 is 0 Å². The van der Waals surface area contributed by atoms with Crippen molar-refractivity contribution in [2.45, 2.75) is 32.8 Å². The molecule has 1 heteroatoms. The molecule has 1 nitrogen and oxygen atoms in total. The van der Waals surface area contributed by atoms with Crippen molar-refractivity contribution in [3.05, 3.63) is 12.7 Å². The third-order valence-electron chi connectivity index (χ3n) is 1.92. The lowest BCUT2D eigenvalue weighted by Gasteiger charge is -2.26. The first-order chi connectivity index (χ1) is 4.06. The summed E-state index contributed by atoms with van der Waals surface area (Å²) in [6.45, 7) is 9.52. The van der Waals surface area contributed by atoms with E-state index in [1.165, 1.54) is 0 Å². The van der Waals surface area contributed by atoms with Crippen molar-refractivity contribution in [2.75, 3.05) is 0 Å². The topological polar surface area (TPSA) is 20.2 Å². The highest BCUT2D eigenvalue weighted by Gasteiger charge is 2.23. The molecule has 0 fully saturated rings. The molecule has 0 bridgehead atoms. The molecule has 0 aromatic carbocycles. The van der Waals surface area contributed by atoms with Crippen LogP contribution < -0.4 is 0 Å². The van der Waals surface area contributed by atoms with Crippen LogP contribution >= 0.6 is 0 Å². The summed E-state index contributed by atoms with van der Waals surface area (Å²) in [5.41, 5.74) is -0.653. The van der Waals surface area contributed by atoms with E-state index in [4.69, 9.17) is 0 Å². The quantitative estimate of drug-likeness (QED) is 0.576. The zero-order valence-electron chi connectivity index (χ0n) is 6.52. The summed E-state index contributed by atoms with van der Waals surface area (Å²) in [4.78, 5) is 0. The van der Waals surface area contributed by atoms with Crippen molar-refractivity contribution < 1.29 is 5.11 Å². The first-order valence-electron chi connectivity index (χ1n) is 3.42. The summed E-state index contributed by atoms with van der Waals surface area (Å²) in [6.07, 6.45) is 2.37. The number of hydrogen-bond donors (Lipinski definition) is 1. The van der Waals surface area contributed by atoms with Gasteiger partial charge >= 0.3 is 0 Å². The molecule has 0 spiro atoms. The number of hydrogen-bond acceptors (Lipinski definition) is 1. The van der Waals surface area contributed by atoms with Gasteiger partial charge in [0.25, 0.3) is 0 Å². The SMILES string of the molecule is C=CC(O)(CC)C(C)C. The minimum atomic E-state index is -0.653. The first kappa shape index (κ1) is 8.70. The van der Waals surface area contributed by atoms with E-state index in [0.717, 1.165) is 6.42 Å². The molecule has 0 amide bonds. The minimum Gasteiger partial charge on any atom is -0.386 e. The smallest absolute Gasteiger partial charge is 0.0845 e. The molecule has 0 saturated heterocycles. The zero-order chi connectivity index (χ0) is 7.49. The van der Waals surface area contributed by atoms with Crippen molar-refractivity contribution in [3.8, 4) is 0 Å². The van der Waals surface area contributed by atoms with Crippen molar-refractivity contribution in [1.29, 1.82) is 0 Å². The summed E-state index contributed by atoms with van der Waals surface area (Å²) in [6, 6.07) is 0. The van der Waals surface area contributed by atoms with Gasteiger partial charge in [-0.05, 0) is 12.3 Å². The maximum Gasteiger partial charge on any atom is 0.0845 e. The Morgan fingerprint density at radius 3 is 2.11 bits per heavy atom. The Balaban J connectivity index is 4.08. The number of rotatable bonds is 3. The standard InChI is InChI=1S/C8H16O/c1-5-8(9,6-2)7(3)4/h5,7,9H,1,6H2,2-4H3. The van der Waals surface area contributed by atoms with Gasteiger partial charge in [-0.1, -0.05) is 26.8 Å². The van der Waals surface area contributed by atoms with Crippen LogP contribution in [0.3, 0.4) is 0 Å². The van der Waals surface area contributed by atoms with Crippen molar-refractivity contribution in [2.24, 2.45) is 5.92 Å². The van der Waals surface area contributed by atoms with Gasteiger partial charge in [0.2, 0.25) is 0 Å². The van der Waals surface area contributed by atoms with Crippen molar-refractivity contribution in [3.63, 3.8) is 0 Å². The largest absolute Gasteiger partial charge is 0.386 e. The Morgan fingerprint density at radius 2 is 2.11 bits per heavy atom. The van der Waals surface area contributed by atoms with Crippen LogP contribution in [0.15, 0.2) is 12.7 Å². The maximum atomic E-state index is 9.59. The molecule has 54 valence electrons. The van der Waals surface area contributed by atoms with Gasteiger partial charge < -0.3 is 5.11 Å². The van der Waals surface area contributed by atoms with Crippen LogP contribution in [0.1, 0.15) is 27.2 Å². The average molecular weight is 128 g/mol. The Hall–Kier alpha value is -0.300. The summed E-state index contributed by atoms with van der Waals surface area (Å²) >= 11 is 0. The van der Waals surface area contributed by atoms with Gasteiger partial charge in [0.05, 0.1) is 5.60 Å². The molecule has 0 aliphatic rings. The van der Waals surface area contributed by atoms with Gasteiger partial charge in [-0.15, -0.1) is 6.58 Å². The van der Waals surface area contributed by atoms with Gasteiger partial charge in [-0.25, -0.2) is 0 Å². The highest BCUT2D eigenvalue weighted by atomic mass is 16.3. The van der Waals surface area contributed by atoms with Crippen LogP contribution in [0.5, 0.6) is 0 Å². The predicted molar refractivity (Wildman–Crippen MR) is 40.3 cm³/mol. The van der Waals surface area contributed by atoms with Gasteiger partial charge in [0, 0.05) is 0 Å². The second kappa shape index (κ2) is 3.02. The third kappa shape index (κ3) is 1.83. The molecule has 0 aliphatic heterocycles. The average Bonchev–Trinajstić information content (AvgIpc) is 1.86. The van der Waals surface area contributed by atoms with Crippen LogP contribution in [0, 0.1) is 5.92 Å². The second-order valence-electron chi connectivity index (χ2n) is 2.70. The molecule has 1 unspecified atom stereocenters. The lowest BCUT2D eigenvalue weighted by Crippen LogP contribution is -2.30. The van der Waals surface area contributed by atoms with Crippen molar-refractivity contribution in [1.82, 2.24) is 0 Å². The van der Waals surface area contributed by atoms with Crippen LogP contribution in [0.25, 0.3) is 0 Å². The first-order valence-corrected chi connectivity index (χ1v) is 3.42. The van der Waals surface area contributed by atoms with Gasteiger partial charge in [0.1, 0.15) is 0 Å². The molecule has 0 aromatic rings. The Morgan fingerprint density at radius 1 is 1.67 bits per heavy atom. The second-order valence-corrected chi connectivity index (χ2v) is 2.70. The highest BCUT2D eigenvalue weighted by Crippen LogP contribution is 2.21. The monoisotopic (exact) mass is 128 g/mol. The molecule has 0 saturated carbocycles. The molecule has 0 heterocycles. The molecule has 1 N–H and O–H groups in total. The third-order valence-corrected chi connectivity index (χ3v) is 1.92. The van der Waals surface area contributed by atoms with Crippen LogP contribution in [-0.4, -0.2) is 10.7 Å². The Labute approximate surface area is 57.4 Å². The molecule has 9 heavy (non-hydrogen) atoms. The zero-order valence-corrected chi connectivity index (χ0v) is 6.52. The minimum absolute atomic E-state index is 0.264. The fourth-order valence-corrected chi connectivity index (χ4v) is 0.788. The molecule has 1 atom stereocenters. The molecule has 0 aromatic heterocycles. The Kier molecular flexibility index (Phi) is 2.92. The summed E-state index contributed by atoms with van der Waals surface area (Å²) < 4.78 is 0. The van der Waals surface area contributed by atoms with E-state index in [2.05, 4.69) is 6.58 Å². The van der Waals surface area contributed by atoms with Crippen LogP contribution in [0.2, 0.25) is 0 Å². The fourth-order valence-electron chi connectivity index (χ4n) is 0.788. The van der Waals surface area contributed by atoms with E-state index in [1.54, 1.807) is 6.08 Å². The summed E-state index contributed by atoms with van der Waals surface area (Å²) in [5, 5.41) is 9.59. The molecular weight excluding hydrogens is 112 g/mol. The summed E-state index contributed by atoms with van der Waals surface area (Å²) in [5.74, 6) is 0.264. The highest BCUT2D eigenvalue weighted by molar-refractivity contribution is 4.96. The van der Waals surface area contributed by atoms with E-state index in [0.29, 0.717) is 0 Å². The Bertz CT molecular complexity index is 96.7. The van der Waals surface area contributed by atoms with Crippen molar-refractivity contribution >= 4 is 0 Å². The van der Waals surface area contributed by atoms with E-state index in [-0.39, 0.29) is 5.92 Å². The number of aliphatic hydroxyl groups is 1. The van der Waals surface area contributed by atoms with Crippen LogP contribution in [0.4, 0.5) is 0 Å². The predicted octanol–water partition coefficient (Wildman–Crippen LogP) is 1.97. The normalized spacial score (nSPS) is 17.4. The lowest BCUT2D eigenvalue weighted by molar-refractivity contribution is 0.0399. The fraction of sp³-hybridized carbons (Fsp3) is 0.750. The molecule has 0 rings (SSSR count). The van der Waals surface area contributed by atoms with Gasteiger partial charge in [-0.3, -0.25) is 0 Å². The van der Waals surface area contributed by atoms with E-state index in [9.17, 15) is 5.11 Å².